The number of carbonyl (C=O) groups is 1. The molecule has 0 atom stereocenters. The fourth-order valence-corrected chi connectivity index (χ4v) is 3.50. The van der Waals surface area contributed by atoms with E-state index < -0.39 is 0 Å². The van der Waals surface area contributed by atoms with E-state index in [1.807, 2.05) is 30.3 Å². The highest BCUT2D eigenvalue weighted by Crippen LogP contribution is 2.32. The number of halogens is 1. The van der Waals surface area contributed by atoms with Gasteiger partial charge in [0.15, 0.2) is 0 Å². The van der Waals surface area contributed by atoms with Crippen molar-refractivity contribution in [3.63, 3.8) is 0 Å². The fraction of sp³-hybridized carbons (Fsp3) is 0.381. The highest BCUT2D eigenvalue weighted by molar-refractivity contribution is 5.95. The highest BCUT2D eigenvalue weighted by atomic mass is 35.5. The maximum absolute atomic E-state index is 12.7. The van der Waals surface area contributed by atoms with Gasteiger partial charge >= 0.3 is 0 Å². The predicted molar refractivity (Wildman–Crippen MR) is 112 cm³/mol. The number of amides is 1. The van der Waals surface area contributed by atoms with E-state index in [1.54, 1.807) is 0 Å². The lowest BCUT2D eigenvalue weighted by Gasteiger charge is -2.31. The molecule has 3 N–H and O–H groups in total. The minimum absolute atomic E-state index is 0. The largest absolute Gasteiger partial charge is 0.398 e. The van der Waals surface area contributed by atoms with Crippen LogP contribution < -0.4 is 16.0 Å². The number of benzene rings is 2. The summed E-state index contributed by atoms with van der Waals surface area (Å²) in [5.41, 5.74) is 11.2. The molecule has 3 rings (SSSR count). The van der Waals surface area contributed by atoms with Crippen LogP contribution in [-0.2, 0) is 16.6 Å². The van der Waals surface area contributed by atoms with Crippen LogP contribution in [0.3, 0.4) is 0 Å². The summed E-state index contributed by atoms with van der Waals surface area (Å²) in [6.45, 7) is 7.69. The van der Waals surface area contributed by atoms with Crippen molar-refractivity contribution >= 4 is 35.4 Å². The van der Waals surface area contributed by atoms with Gasteiger partial charge in [-0.1, -0.05) is 45.0 Å². The first kappa shape index (κ1) is 20.1. The summed E-state index contributed by atoms with van der Waals surface area (Å²) in [5.74, 6) is 0.00646. The molecule has 0 fully saturated rings. The van der Waals surface area contributed by atoms with Gasteiger partial charge in [-0.05, 0) is 47.6 Å². The van der Waals surface area contributed by atoms with Crippen molar-refractivity contribution in [3.8, 4) is 0 Å². The van der Waals surface area contributed by atoms with Crippen molar-refractivity contribution in [3.05, 3.63) is 53.6 Å². The SMILES string of the molecule is CC(C)(C)c1ccccc1NC(=O)CN1CCCc2c(N)cccc21.Cl. The van der Waals surface area contributed by atoms with Gasteiger partial charge in [0.1, 0.15) is 0 Å². The van der Waals surface area contributed by atoms with Crippen LogP contribution >= 0.6 is 12.4 Å². The summed E-state index contributed by atoms with van der Waals surface area (Å²) < 4.78 is 0. The van der Waals surface area contributed by atoms with E-state index in [9.17, 15) is 4.79 Å². The molecule has 0 aromatic heterocycles. The minimum Gasteiger partial charge on any atom is -0.398 e. The third-order valence-corrected chi connectivity index (χ3v) is 4.73. The summed E-state index contributed by atoms with van der Waals surface area (Å²) >= 11 is 0. The lowest BCUT2D eigenvalue weighted by molar-refractivity contribution is -0.115. The van der Waals surface area contributed by atoms with E-state index in [1.165, 1.54) is 0 Å². The third kappa shape index (κ3) is 4.31. The Hall–Kier alpha value is -2.20. The Labute approximate surface area is 162 Å². The van der Waals surface area contributed by atoms with E-state index in [-0.39, 0.29) is 23.7 Å². The molecular weight excluding hydrogens is 346 g/mol. The Morgan fingerprint density at radius 3 is 2.62 bits per heavy atom. The number of rotatable bonds is 3. The van der Waals surface area contributed by atoms with Crippen LogP contribution in [0.25, 0.3) is 0 Å². The van der Waals surface area contributed by atoms with Crippen molar-refractivity contribution in [2.45, 2.75) is 39.0 Å². The lowest BCUT2D eigenvalue weighted by Crippen LogP contribution is -2.37. The summed E-state index contributed by atoms with van der Waals surface area (Å²) in [4.78, 5) is 14.8. The van der Waals surface area contributed by atoms with E-state index >= 15 is 0 Å². The first-order chi connectivity index (χ1) is 11.9. The van der Waals surface area contributed by atoms with Gasteiger partial charge < -0.3 is 16.0 Å². The quantitative estimate of drug-likeness (QED) is 0.785. The Bertz CT molecular complexity index is 783. The van der Waals surface area contributed by atoms with Crippen molar-refractivity contribution in [1.29, 1.82) is 0 Å². The van der Waals surface area contributed by atoms with Crippen molar-refractivity contribution < 1.29 is 4.79 Å². The van der Waals surface area contributed by atoms with Gasteiger partial charge in [0.25, 0.3) is 0 Å². The molecule has 1 aliphatic rings. The number of nitrogens with two attached hydrogens (primary N) is 1. The number of para-hydroxylation sites is 1. The molecule has 140 valence electrons. The molecule has 4 nitrogen and oxygen atoms in total. The number of hydrogen-bond acceptors (Lipinski definition) is 3. The maximum Gasteiger partial charge on any atom is 0.243 e. The number of nitrogen functional groups attached to an aromatic ring is 1. The molecule has 0 unspecified atom stereocenters. The zero-order valence-corrected chi connectivity index (χ0v) is 16.5. The molecule has 0 radical (unpaired) electrons. The van der Waals surface area contributed by atoms with Crippen LogP contribution in [0, 0.1) is 0 Å². The Morgan fingerprint density at radius 1 is 1.15 bits per heavy atom. The molecule has 1 heterocycles. The molecule has 2 aromatic rings. The average molecular weight is 374 g/mol. The van der Waals surface area contributed by atoms with Crippen LogP contribution in [0.1, 0.15) is 38.3 Å². The number of carbonyl (C=O) groups excluding carboxylic acids is 1. The van der Waals surface area contributed by atoms with E-state index in [2.05, 4.69) is 43.1 Å². The molecule has 5 heteroatoms. The predicted octanol–water partition coefficient (Wildman–Crippen LogP) is 4.38. The summed E-state index contributed by atoms with van der Waals surface area (Å²) in [6.07, 6.45) is 2.00. The second kappa shape index (κ2) is 8.00. The fourth-order valence-electron chi connectivity index (χ4n) is 3.50. The Balaban J connectivity index is 0.00000243. The third-order valence-electron chi connectivity index (χ3n) is 4.73. The van der Waals surface area contributed by atoms with Gasteiger partial charge in [0.05, 0.1) is 6.54 Å². The zero-order valence-electron chi connectivity index (χ0n) is 15.7. The summed E-state index contributed by atoms with van der Waals surface area (Å²) in [6, 6.07) is 14.0. The average Bonchev–Trinajstić information content (AvgIpc) is 2.55. The van der Waals surface area contributed by atoms with Crippen LogP contribution in [0.15, 0.2) is 42.5 Å². The number of anilines is 3. The monoisotopic (exact) mass is 373 g/mol. The van der Waals surface area contributed by atoms with Gasteiger partial charge in [0, 0.05) is 23.6 Å². The molecule has 0 saturated carbocycles. The smallest absolute Gasteiger partial charge is 0.243 e. The maximum atomic E-state index is 12.7. The van der Waals surface area contributed by atoms with Crippen molar-refractivity contribution in [2.24, 2.45) is 0 Å². The van der Waals surface area contributed by atoms with Crippen molar-refractivity contribution in [1.82, 2.24) is 0 Å². The van der Waals surface area contributed by atoms with E-state index in [4.69, 9.17) is 5.73 Å². The molecule has 26 heavy (non-hydrogen) atoms. The van der Waals surface area contributed by atoms with E-state index in [0.717, 1.165) is 47.6 Å². The topological polar surface area (TPSA) is 58.4 Å². The Morgan fingerprint density at radius 2 is 1.88 bits per heavy atom. The second-order valence-electron chi connectivity index (χ2n) is 7.71. The first-order valence-corrected chi connectivity index (χ1v) is 8.88. The lowest BCUT2D eigenvalue weighted by atomic mass is 9.86. The summed E-state index contributed by atoms with van der Waals surface area (Å²) in [7, 11) is 0. The molecule has 0 bridgehead atoms. The van der Waals surface area contributed by atoms with Gasteiger partial charge in [0.2, 0.25) is 5.91 Å². The minimum atomic E-state index is -0.0178. The van der Waals surface area contributed by atoms with Crippen LogP contribution in [0.2, 0.25) is 0 Å². The molecule has 0 saturated heterocycles. The van der Waals surface area contributed by atoms with Crippen LogP contribution in [-0.4, -0.2) is 19.0 Å². The number of nitrogens with one attached hydrogen (secondary N) is 1. The van der Waals surface area contributed by atoms with E-state index in [0.29, 0.717) is 6.54 Å². The van der Waals surface area contributed by atoms with Crippen LogP contribution in [0.4, 0.5) is 17.1 Å². The van der Waals surface area contributed by atoms with Gasteiger partial charge in [-0.15, -0.1) is 12.4 Å². The standard InChI is InChI=1S/C21H27N3O.ClH/c1-21(2,3)16-9-4-5-11-18(16)23-20(25)14-24-13-7-8-15-17(22)10-6-12-19(15)24;/h4-6,9-12H,7-8,13-14,22H2,1-3H3,(H,23,25);1H. The first-order valence-electron chi connectivity index (χ1n) is 8.88. The number of nitrogens with zero attached hydrogens (tertiary/aromatic N) is 1. The molecule has 1 aliphatic heterocycles. The highest BCUT2D eigenvalue weighted by Gasteiger charge is 2.22. The molecule has 1 amide bonds. The summed E-state index contributed by atoms with van der Waals surface area (Å²) in [5, 5.41) is 3.10. The van der Waals surface area contributed by atoms with Crippen molar-refractivity contribution in [2.75, 3.05) is 29.0 Å². The number of fused-ring (bicyclic) bond motifs is 1. The second-order valence-corrected chi connectivity index (χ2v) is 7.71. The molecule has 0 aliphatic carbocycles. The zero-order chi connectivity index (χ0) is 18.0. The van der Waals surface area contributed by atoms with Gasteiger partial charge in [-0.2, -0.15) is 0 Å². The normalized spacial score (nSPS) is 13.6. The van der Waals surface area contributed by atoms with Gasteiger partial charge in [-0.3, -0.25) is 4.79 Å². The molecule has 2 aromatic carbocycles. The molecule has 0 spiro atoms. The molecular formula is C21H28ClN3O. The number of hydrogen-bond donors (Lipinski definition) is 2. The van der Waals surface area contributed by atoms with Crippen LogP contribution in [0.5, 0.6) is 0 Å². The Kier molecular flexibility index (Phi) is 6.19. The van der Waals surface area contributed by atoms with Gasteiger partial charge in [-0.25, -0.2) is 0 Å².